The topological polar surface area (TPSA) is 32.3 Å². The third-order valence-corrected chi connectivity index (χ3v) is 5.11. The van der Waals surface area contributed by atoms with E-state index in [-0.39, 0.29) is 5.91 Å². The molecule has 1 aliphatic heterocycles. The molecule has 3 heteroatoms. The summed E-state index contributed by atoms with van der Waals surface area (Å²) in [4.78, 5) is 15.0. The smallest absolute Gasteiger partial charge is 0.225 e. The Bertz CT molecular complexity index is 490. The quantitative estimate of drug-likeness (QED) is 0.808. The van der Waals surface area contributed by atoms with E-state index in [0.717, 1.165) is 31.6 Å². The summed E-state index contributed by atoms with van der Waals surface area (Å²) in [5.74, 6) is 0.154. The molecular weight excluding hydrogens is 284 g/mol. The highest BCUT2D eigenvalue weighted by molar-refractivity contribution is 5.92. The Morgan fingerprint density at radius 1 is 1.17 bits per heavy atom. The molecule has 0 aromatic heterocycles. The van der Waals surface area contributed by atoms with Crippen LogP contribution in [0.15, 0.2) is 18.2 Å². The van der Waals surface area contributed by atoms with Crippen LogP contribution in [0.3, 0.4) is 0 Å². The van der Waals surface area contributed by atoms with Crippen molar-refractivity contribution in [2.24, 2.45) is 0 Å². The molecule has 1 N–H and O–H groups in total. The number of para-hydroxylation sites is 1. The number of anilines is 1. The molecule has 3 nitrogen and oxygen atoms in total. The van der Waals surface area contributed by atoms with E-state index in [4.69, 9.17) is 0 Å². The normalized spacial score (nSPS) is 18.8. The molecule has 0 radical (unpaired) electrons. The third kappa shape index (κ3) is 4.81. The number of likely N-dealkylation sites (tertiary alicyclic amines) is 1. The van der Waals surface area contributed by atoms with Gasteiger partial charge in [-0.15, -0.1) is 0 Å². The molecule has 0 spiro atoms. The number of rotatable bonds is 7. The molecule has 1 aromatic rings. The van der Waals surface area contributed by atoms with Gasteiger partial charge in [0, 0.05) is 24.7 Å². The average molecular weight is 316 g/mol. The Morgan fingerprint density at radius 3 is 2.48 bits per heavy atom. The van der Waals surface area contributed by atoms with Gasteiger partial charge >= 0.3 is 0 Å². The van der Waals surface area contributed by atoms with E-state index in [1.54, 1.807) is 0 Å². The molecule has 1 aromatic carbocycles. The van der Waals surface area contributed by atoms with Crippen molar-refractivity contribution < 1.29 is 4.79 Å². The summed E-state index contributed by atoms with van der Waals surface area (Å²) in [7, 11) is 0. The number of piperidine rings is 1. The minimum Gasteiger partial charge on any atom is -0.326 e. The van der Waals surface area contributed by atoms with Crippen molar-refractivity contribution in [3.63, 3.8) is 0 Å². The second-order valence-electron chi connectivity index (χ2n) is 6.55. The maximum absolute atomic E-state index is 12.4. The van der Waals surface area contributed by atoms with E-state index in [9.17, 15) is 4.79 Å². The van der Waals surface area contributed by atoms with Crippen LogP contribution in [-0.4, -0.2) is 29.9 Å². The minimum absolute atomic E-state index is 0.154. The lowest BCUT2D eigenvalue weighted by Gasteiger charge is -2.35. The lowest BCUT2D eigenvalue weighted by molar-refractivity contribution is -0.116. The maximum Gasteiger partial charge on any atom is 0.225 e. The molecule has 1 fully saturated rings. The molecule has 1 atom stereocenters. The van der Waals surface area contributed by atoms with E-state index in [1.165, 1.54) is 36.8 Å². The second kappa shape index (κ2) is 9.07. The third-order valence-electron chi connectivity index (χ3n) is 5.11. The summed E-state index contributed by atoms with van der Waals surface area (Å²) >= 11 is 0. The average Bonchev–Trinajstić information content (AvgIpc) is 2.60. The molecule has 1 heterocycles. The summed E-state index contributed by atoms with van der Waals surface area (Å²) in [5, 5.41) is 3.19. The first-order valence-corrected chi connectivity index (χ1v) is 9.34. The Labute approximate surface area is 141 Å². The number of carbonyl (C=O) groups is 1. The van der Waals surface area contributed by atoms with Gasteiger partial charge in [0.2, 0.25) is 5.91 Å². The van der Waals surface area contributed by atoms with Crippen molar-refractivity contribution in [1.29, 1.82) is 0 Å². The number of benzene rings is 1. The molecule has 2 rings (SSSR count). The fourth-order valence-electron chi connectivity index (χ4n) is 3.67. The largest absolute Gasteiger partial charge is 0.326 e. The summed E-state index contributed by atoms with van der Waals surface area (Å²) < 4.78 is 0. The number of carbonyl (C=O) groups excluding carboxylic acids is 1. The summed E-state index contributed by atoms with van der Waals surface area (Å²) in [5.41, 5.74) is 3.53. The van der Waals surface area contributed by atoms with Crippen molar-refractivity contribution in [2.45, 2.75) is 71.8 Å². The Balaban J connectivity index is 1.94. The minimum atomic E-state index is 0.154. The number of amides is 1. The Kier molecular flexibility index (Phi) is 7.10. The molecule has 1 amide bonds. The van der Waals surface area contributed by atoms with Crippen molar-refractivity contribution in [1.82, 2.24) is 4.90 Å². The molecule has 0 aliphatic carbocycles. The second-order valence-corrected chi connectivity index (χ2v) is 6.55. The zero-order valence-corrected chi connectivity index (χ0v) is 15.0. The standard InChI is InChI=1S/C20H32N2O/c1-4-16-10-9-11-17(5-2)20(16)21-19(23)13-15-22-14-8-7-12-18(22)6-3/h9-11,18H,4-8,12-15H2,1-3H3,(H,21,23). The molecule has 128 valence electrons. The first-order valence-electron chi connectivity index (χ1n) is 9.34. The highest BCUT2D eigenvalue weighted by Gasteiger charge is 2.21. The van der Waals surface area contributed by atoms with Gasteiger partial charge in [-0.25, -0.2) is 0 Å². The van der Waals surface area contributed by atoms with E-state index in [0.29, 0.717) is 12.5 Å². The molecule has 1 unspecified atom stereocenters. The number of hydrogen-bond acceptors (Lipinski definition) is 2. The number of hydrogen-bond donors (Lipinski definition) is 1. The summed E-state index contributed by atoms with van der Waals surface area (Å²) in [6, 6.07) is 7.00. The molecule has 1 aliphatic rings. The van der Waals surface area contributed by atoms with Crippen LogP contribution in [0, 0.1) is 0 Å². The molecule has 23 heavy (non-hydrogen) atoms. The highest BCUT2D eigenvalue weighted by atomic mass is 16.1. The van der Waals surface area contributed by atoms with Crippen molar-refractivity contribution in [2.75, 3.05) is 18.4 Å². The van der Waals surface area contributed by atoms with Crippen LogP contribution in [0.25, 0.3) is 0 Å². The van der Waals surface area contributed by atoms with Crippen LogP contribution in [0.5, 0.6) is 0 Å². The van der Waals surface area contributed by atoms with Gasteiger partial charge in [0.05, 0.1) is 0 Å². The van der Waals surface area contributed by atoms with Crippen LogP contribution in [0.4, 0.5) is 5.69 Å². The molecule has 1 saturated heterocycles. The zero-order valence-electron chi connectivity index (χ0n) is 15.0. The van der Waals surface area contributed by atoms with Crippen LogP contribution in [0.1, 0.15) is 64.0 Å². The van der Waals surface area contributed by atoms with Crippen LogP contribution >= 0.6 is 0 Å². The van der Waals surface area contributed by atoms with Gasteiger partial charge in [-0.05, 0) is 49.8 Å². The van der Waals surface area contributed by atoms with E-state index >= 15 is 0 Å². The zero-order chi connectivity index (χ0) is 16.7. The van der Waals surface area contributed by atoms with Crippen molar-refractivity contribution in [3.05, 3.63) is 29.3 Å². The summed E-state index contributed by atoms with van der Waals surface area (Å²) in [6.07, 6.45) is 7.59. The van der Waals surface area contributed by atoms with Gasteiger partial charge in [0.1, 0.15) is 0 Å². The Hall–Kier alpha value is -1.35. The van der Waals surface area contributed by atoms with Gasteiger partial charge in [0.25, 0.3) is 0 Å². The monoisotopic (exact) mass is 316 g/mol. The van der Waals surface area contributed by atoms with E-state index in [1.807, 2.05) is 0 Å². The van der Waals surface area contributed by atoms with E-state index in [2.05, 4.69) is 49.2 Å². The first-order chi connectivity index (χ1) is 11.2. The Morgan fingerprint density at radius 2 is 1.87 bits per heavy atom. The fraction of sp³-hybridized carbons (Fsp3) is 0.650. The van der Waals surface area contributed by atoms with Gasteiger partial charge in [0.15, 0.2) is 0 Å². The fourth-order valence-corrected chi connectivity index (χ4v) is 3.67. The van der Waals surface area contributed by atoms with Crippen molar-refractivity contribution in [3.8, 4) is 0 Å². The number of aryl methyl sites for hydroxylation is 2. The van der Waals surface area contributed by atoms with Crippen LogP contribution < -0.4 is 5.32 Å². The van der Waals surface area contributed by atoms with Crippen LogP contribution in [-0.2, 0) is 17.6 Å². The predicted molar refractivity (Wildman–Crippen MR) is 97.9 cm³/mol. The lowest BCUT2D eigenvalue weighted by Crippen LogP contribution is -2.40. The number of nitrogens with one attached hydrogen (secondary N) is 1. The van der Waals surface area contributed by atoms with Gasteiger partial charge in [-0.3, -0.25) is 9.69 Å². The van der Waals surface area contributed by atoms with Gasteiger partial charge in [-0.2, -0.15) is 0 Å². The van der Waals surface area contributed by atoms with E-state index < -0.39 is 0 Å². The predicted octanol–water partition coefficient (Wildman–Crippen LogP) is 4.40. The SMILES string of the molecule is CCc1cccc(CC)c1NC(=O)CCN1CCCCC1CC. The molecular formula is C20H32N2O. The highest BCUT2D eigenvalue weighted by Crippen LogP contribution is 2.23. The van der Waals surface area contributed by atoms with Crippen molar-refractivity contribution >= 4 is 11.6 Å². The molecule has 0 bridgehead atoms. The van der Waals surface area contributed by atoms with Gasteiger partial charge in [-0.1, -0.05) is 45.4 Å². The number of nitrogens with zero attached hydrogens (tertiary/aromatic N) is 1. The van der Waals surface area contributed by atoms with Gasteiger partial charge < -0.3 is 5.32 Å². The van der Waals surface area contributed by atoms with Crippen LogP contribution in [0.2, 0.25) is 0 Å². The summed E-state index contributed by atoms with van der Waals surface area (Å²) in [6.45, 7) is 8.58. The molecule has 0 saturated carbocycles. The first kappa shape index (κ1) is 18.0. The maximum atomic E-state index is 12.4. The lowest BCUT2D eigenvalue weighted by atomic mass is 10.00.